The normalized spacial score (nSPS) is 12.4. The first-order valence-corrected chi connectivity index (χ1v) is 7.63. The largest absolute Gasteiger partial charge is 0.310 e. The van der Waals surface area contributed by atoms with Gasteiger partial charge in [0.2, 0.25) is 0 Å². The summed E-state index contributed by atoms with van der Waals surface area (Å²) in [7, 11) is 0. The van der Waals surface area contributed by atoms with E-state index in [0.29, 0.717) is 6.04 Å². The second-order valence-electron chi connectivity index (χ2n) is 4.65. The number of hydrogen-bond donors (Lipinski definition) is 1. The molecule has 1 nitrogen and oxygen atoms in total. The Hall–Kier alpha value is -1.12. The number of halogens is 1. The van der Waals surface area contributed by atoms with Gasteiger partial charge in [0.05, 0.1) is 0 Å². The molecule has 1 atom stereocenters. The van der Waals surface area contributed by atoms with Gasteiger partial charge in [0.25, 0.3) is 0 Å². The molecule has 0 aromatic heterocycles. The summed E-state index contributed by atoms with van der Waals surface area (Å²) < 4.78 is 1.12. The molecule has 0 bridgehead atoms. The van der Waals surface area contributed by atoms with Gasteiger partial charge in [-0.25, -0.2) is 0 Å². The predicted molar refractivity (Wildman–Crippen MR) is 86.3 cm³/mol. The fourth-order valence-electron chi connectivity index (χ4n) is 2.32. The van der Waals surface area contributed by atoms with E-state index in [9.17, 15) is 0 Å². The summed E-state index contributed by atoms with van der Waals surface area (Å²) in [5, 5.41) is 3.53. The third-order valence-corrected chi connectivity index (χ3v) is 3.85. The minimum absolute atomic E-state index is 0.445. The lowest BCUT2D eigenvalue weighted by atomic mass is 9.98. The maximum Gasteiger partial charge on any atom is 0.0317 e. The molecule has 0 heterocycles. The molecule has 2 aromatic rings. The summed E-state index contributed by atoms with van der Waals surface area (Å²) in [5.74, 6) is 0. The van der Waals surface area contributed by atoms with Crippen LogP contribution in [0.25, 0.3) is 11.1 Å². The molecule has 2 aromatic carbocycles. The smallest absolute Gasteiger partial charge is 0.0317 e. The van der Waals surface area contributed by atoms with Crippen molar-refractivity contribution in [2.24, 2.45) is 0 Å². The van der Waals surface area contributed by atoms with E-state index in [2.05, 4.69) is 83.6 Å². The Balaban J connectivity index is 2.30. The first kappa shape index (κ1) is 14.3. The van der Waals surface area contributed by atoms with Gasteiger partial charge in [0.1, 0.15) is 0 Å². The molecule has 0 spiro atoms. The van der Waals surface area contributed by atoms with Crippen LogP contribution in [0.5, 0.6) is 0 Å². The van der Waals surface area contributed by atoms with E-state index in [1.54, 1.807) is 0 Å². The Labute approximate surface area is 124 Å². The SMILES string of the molecule is CCNC(CC)c1cccc(-c2ccc(Br)cc2)c1. The van der Waals surface area contributed by atoms with Crippen LogP contribution in [-0.2, 0) is 0 Å². The van der Waals surface area contributed by atoms with Crippen LogP contribution in [0.4, 0.5) is 0 Å². The van der Waals surface area contributed by atoms with Gasteiger partial charge in [0, 0.05) is 10.5 Å². The van der Waals surface area contributed by atoms with E-state index in [0.717, 1.165) is 17.4 Å². The second-order valence-corrected chi connectivity index (χ2v) is 5.57. The maximum atomic E-state index is 3.53. The summed E-state index contributed by atoms with van der Waals surface area (Å²) in [4.78, 5) is 0. The maximum absolute atomic E-state index is 3.53. The average molecular weight is 318 g/mol. The van der Waals surface area contributed by atoms with Crippen molar-refractivity contribution in [3.8, 4) is 11.1 Å². The summed E-state index contributed by atoms with van der Waals surface area (Å²) >= 11 is 3.48. The molecule has 0 amide bonds. The molecule has 0 fully saturated rings. The lowest BCUT2D eigenvalue weighted by Gasteiger charge is -2.17. The molecule has 100 valence electrons. The van der Waals surface area contributed by atoms with Gasteiger partial charge in [-0.1, -0.05) is 60.1 Å². The number of rotatable bonds is 5. The van der Waals surface area contributed by atoms with Crippen molar-refractivity contribution in [1.29, 1.82) is 0 Å². The van der Waals surface area contributed by atoms with E-state index in [4.69, 9.17) is 0 Å². The Kier molecular flexibility index (Phi) is 5.17. The van der Waals surface area contributed by atoms with E-state index >= 15 is 0 Å². The zero-order chi connectivity index (χ0) is 13.7. The van der Waals surface area contributed by atoms with Crippen molar-refractivity contribution in [3.05, 3.63) is 58.6 Å². The minimum Gasteiger partial charge on any atom is -0.310 e. The second kappa shape index (κ2) is 6.88. The predicted octanol–water partition coefficient (Wildman–Crippen LogP) is 5.18. The van der Waals surface area contributed by atoms with Crippen LogP contribution in [0.1, 0.15) is 31.9 Å². The lowest BCUT2D eigenvalue weighted by Crippen LogP contribution is -2.19. The zero-order valence-electron chi connectivity index (χ0n) is 11.5. The molecule has 2 rings (SSSR count). The Morgan fingerprint density at radius 3 is 2.37 bits per heavy atom. The van der Waals surface area contributed by atoms with Crippen LogP contribution in [0.2, 0.25) is 0 Å². The van der Waals surface area contributed by atoms with E-state index in [-0.39, 0.29) is 0 Å². The molecule has 0 saturated carbocycles. The quantitative estimate of drug-likeness (QED) is 0.801. The zero-order valence-corrected chi connectivity index (χ0v) is 13.1. The molecular formula is C17H20BrN. The molecule has 0 aliphatic carbocycles. The summed E-state index contributed by atoms with van der Waals surface area (Å²) in [6, 6.07) is 17.7. The fourth-order valence-corrected chi connectivity index (χ4v) is 2.59. The van der Waals surface area contributed by atoms with Gasteiger partial charge in [-0.3, -0.25) is 0 Å². The van der Waals surface area contributed by atoms with Crippen LogP contribution in [0.3, 0.4) is 0 Å². The van der Waals surface area contributed by atoms with Gasteiger partial charge in [-0.15, -0.1) is 0 Å². The average Bonchev–Trinajstić information content (AvgIpc) is 2.45. The van der Waals surface area contributed by atoms with E-state index < -0.39 is 0 Å². The third kappa shape index (κ3) is 3.68. The molecular weight excluding hydrogens is 298 g/mol. The number of nitrogens with one attached hydrogen (secondary N) is 1. The van der Waals surface area contributed by atoms with Crippen molar-refractivity contribution in [3.63, 3.8) is 0 Å². The van der Waals surface area contributed by atoms with Gasteiger partial charge in [-0.05, 0) is 47.9 Å². The van der Waals surface area contributed by atoms with Crippen LogP contribution in [0.15, 0.2) is 53.0 Å². The Bertz CT molecular complexity index is 519. The van der Waals surface area contributed by atoms with Gasteiger partial charge in [0.15, 0.2) is 0 Å². The van der Waals surface area contributed by atoms with Gasteiger partial charge >= 0.3 is 0 Å². The molecule has 0 aliphatic rings. The minimum atomic E-state index is 0.445. The third-order valence-electron chi connectivity index (χ3n) is 3.33. The standard InChI is InChI=1S/C17H20BrN/c1-3-17(19-4-2)15-7-5-6-14(12-15)13-8-10-16(18)11-9-13/h5-12,17,19H,3-4H2,1-2H3. The molecule has 0 aliphatic heterocycles. The van der Waals surface area contributed by atoms with Crippen molar-refractivity contribution in [2.45, 2.75) is 26.3 Å². The summed E-state index contributed by atoms with van der Waals surface area (Å²) in [6.45, 7) is 5.38. The van der Waals surface area contributed by atoms with E-state index in [1.165, 1.54) is 16.7 Å². The topological polar surface area (TPSA) is 12.0 Å². The highest BCUT2D eigenvalue weighted by molar-refractivity contribution is 9.10. The molecule has 1 unspecified atom stereocenters. The molecule has 0 radical (unpaired) electrons. The summed E-state index contributed by atoms with van der Waals surface area (Å²) in [6.07, 6.45) is 1.11. The monoisotopic (exact) mass is 317 g/mol. The highest BCUT2D eigenvalue weighted by Crippen LogP contribution is 2.25. The molecule has 1 N–H and O–H groups in total. The highest BCUT2D eigenvalue weighted by atomic mass is 79.9. The highest BCUT2D eigenvalue weighted by Gasteiger charge is 2.08. The van der Waals surface area contributed by atoms with E-state index in [1.807, 2.05) is 0 Å². The Morgan fingerprint density at radius 1 is 1.00 bits per heavy atom. The van der Waals surface area contributed by atoms with Gasteiger partial charge < -0.3 is 5.32 Å². The number of benzene rings is 2. The number of hydrogen-bond acceptors (Lipinski definition) is 1. The van der Waals surface area contributed by atoms with Crippen molar-refractivity contribution in [2.75, 3.05) is 6.54 Å². The first-order valence-electron chi connectivity index (χ1n) is 6.84. The lowest BCUT2D eigenvalue weighted by molar-refractivity contribution is 0.537. The molecule has 2 heteroatoms. The van der Waals surface area contributed by atoms with Crippen molar-refractivity contribution >= 4 is 15.9 Å². The Morgan fingerprint density at radius 2 is 1.74 bits per heavy atom. The van der Waals surface area contributed by atoms with Crippen LogP contribution in [0, 0.1) is 0 Å². The van der Waals surface area contributed by atoms with Crippen LogP contribution >= 0.6 is 15.9 Å². The van der Waals surface area contributed by atoms with Crippen LogP contribution in [-0.4, -0.2) is 6.54 Å². The molecule has 0 saturated heterocycles. The fraction of sp³-hybridized carbons (Fsp3) is 0.294. The van der Waals surface area contributed by atoms with Crippen molar-refractivity contribution < 1.29 is 0 Å². The van der Waals surface area contributed by atoms with Crippen molar-refractivity contribution in [1.82, 2.24) is 5.32 Å². The van der Waals surface area contributed by atoms with Gasteiger partial charge in [-0.2, -0.15) is 0 Å². The first-order chi connectivity index (χ1) is 9.24. The molecule has 19 heavy (non-hydrogen) atoms. The summed E-state index contributed by atoms with van der Waals surface area (Å²) in [5.41, 5.74) is 3.91. The van der Waals surface area contributed by atoms with Crippen LogP contribution < -0.4 is 5.32 Å².